The van der Waals surface area contributed by atoms with E-state index in [1.54, 1.807) is 0 Å². The Balaban J connectivity index is 1.49. The minimum absolute atomic E-state index is 0.344. The molecule has 0 saturated carbocycles. The maximum absolute atomic E-state index is 4.91. The van der Waals surface area contributed by atoms with E-state index in [-0.39, 0.29) is 0 Å². The predicted molar refractivity (Wildman–Crippen MR) is 63.0 cm³/mol. The third kappa shape index (κ3) is 4.44. The summed E-state index contributed by atoms with van der Waals surface area (Å²) in [5.74, 6) is 0. The molecule has 2 rings (SSSR count). The van der Waals surface area contributed by atoms with Crippen molar-refractivity contribution in [3.8, 4) is 0 Å². The summed E-state index contributed by atoms with van der Waals surface area (Å²) in [6.45, 7) is 2.33. The minimum atomic E-state index is 0.344. The lowest BCUT2D eigenvalue weighted by atomic mass is 10.4. The highest BCUT2D eigenvalue weighted by atomic mass is 17.5. The molecular weight excluding hydrogens is 220 g/mol. The number of allylic oxidation sites excluding steroid dienone is 4. The van der Waals surface area contributed by atoms with E-state index in [1.165, 1.54) is 0 Å². The Morgan fingerprint density at radius 2 is 1.29 bits per heavy atom. The molecule has 5 nitrogen and oxygen atoms in total. The molecule has 2 heterocycles. The second-order valence-electron chi connectivity index (χ2n) is 3.64. The van der Waals surface area contributed by atoms with Gasteiger partial charge < -0.3 is 9.80 Å². The molecule has 0 unspecified atom stereocenters. The van der Waals surface area contributed by atoms with Gasteiger partial charge in [0.05, 0.1) is 0 Å². The lowest BCUT2D eigenvalue weighted by Crippen LogP contribution is -2.25. The second kappa shape index (κ2) is 6.90. The normalized spacial score (nSPS) is 18.1. The molecule has 0 fully saturated rings. The lowest BCUT2D eigenvalue weighted by molar-refractivity contribution is -0.525. The van der Waals surface area contributed by atoms with Crippen molar-refractivity contribution >= 4 is 0 Å². The molecule has 2 aliphatic heterocycles. The van der Waals surface area contributed by atoms with Gasteiger partial charge in [0.25, 0.3) is 0 Å². The number of hydrogen-bond donors (Lipinski definition) is 0. The van der Waals surface area contributed by atoms with E-state index in [0.29, 0.717) is 13.5 Å². The van der Waals surface area contributed by atoms with Crippen molar-refractivity contribution in [1.82, 2.24) is 9.80 Å². The SMILES string of the molecule is C1=CCN(COOOCN2C=CC=CC2)C=C1. The van der Waals surface area contributed by atoms with Crippen LogP contribution in [0, 0.1) is 0 Å². The molecule has 0 aromatic heterocycles. The van der Waals surface area contributed by atoms with Gasteiger partial charge in [-0.3, -0.25) is 0 Å². The first-order valence-corrected chi connectivity index (χ1v) is 5.51. The fourth-order valence-electron chi connectivity index (χ4n) is 1.42. The molecule has 92 valence electrons. The largest absolute Gasteiger partial charge is 0.349 e. The second-order valence-corrected chi connectivity index (χ2v) is 3.64. The third-order valence-corrected chi connectivity index (χ3v) is 2.30. The van der Waals surface area contributed by atoms with Gasteiger partial charge >= 0.3 is 0 Å². The zero-order chi connectivity index (χ0) is 11.8. The van der Waals surface area contributed by atoms with E-state index >= 15 is 0 Å². The van der Waals surface area contributed by atoms with Crippen LogP contribution in [0.5, 0.6) is 0 Å². The Morgan fingerprint density at radius 3 is 1.71 bits per heavy atom. The maximum atomic E-state index is 4.91. The van der Waals surface area contributed by atoms with Gasteiger partial charge in [0.15, 0.2) is 13.5 Å². The van der Waals surface area contributed by atoms with Gasteiger partial charge in [-0.15, -0.1) is 0 Å². The summed E-state index contributed by atoms with van der Waals surface area (Å²) in [5.41, 5.74) is 0. The van der Waals surface area contributed by atoms with E-state index in [9.17, 15) is 0 Å². The zero-order valence-electron chi connectivity index (χ0n) is 9.57. The van der Waals surface area contributed by atoms with Gasteiger partial charge in [0, 0.05) is 25.5 Å². The van der Waals surface area contributed by atoms with Gasteiger partial charge in [-0.1, -0.05) is 29.3 Å². The van der Waals surface area contributed by atoms with E-state index in [4.69, 9.17) is 9.78 Å². The predicted octanol–water partition coefficient (Wildman–Crippen LogP) is 1.55. The average Bonchev–Trinajstić information content (AvgIpc) is 2.41. The van der Waals surface area contributed by atoms with Crippen LogP contribution in [0.15, 0.2) is 48.9 Å². The Hall–Kier alpha value is -1.56. The summed E-state index contributed by atoms with van der Waals surface area (Å²) in [5, 5.41) is 4.64. The first-order valence-electron chi connectivity index (χ1n) is 5.51. The van der Waals surface area contributed by atoms with Crippen LogP contribution in [0.2, 0.25) is 0 Å². The van der Waals surface area contributed by atoms with Crippen LogP contribution in [0.25, 0.3) is 0 Å². The smallest absolute Gasteiger partial charge is 0.157 e. The van der Waals surface area contributed by atoms with Crippen molar-refractivity contribution in [1.29, 1.82) is 0 Å². The zero-order valence-corrected chi connectivity index (χ0v) is 9.57. The molecule has 0 atom stereocenters. The van der Waals surface area contributed by atoms with Crippen molar-refractivity contribution < 1.29 is 14.8 Å². The molecule has 0 aliphatic carbocycles. The summed E-state index contributed by atoms with van der Waals surface area (Å²) in [6, 6.07) is 0. The van der Waals surface area contributed by atoms with Crippen molar-refractivity contribution in [2.75, 3.05) is 26.6 Å². The molecule has 2 aliphatic rings. The van der Waals surface area contributed by atoms with Crippen LogP contribution < -0.4 is 0 Å². The van der Waals surface area contributed by atoms with Crippen molar-refractivity contribution in [3.63, 3.8) is 0 Å². The molecule has 0 N–H and O–H groups in total. The summed E-state index contributed by atoms with van der Waals surface area (Å²) in [4.78, 5) is 13.7. The number of hydrogen-bond acceptors (Lipinski definition) is 5. The molecule has 5 heteroatoms. The number of nitrogens with zero attached hydrogens (tertiary/aromatic N) is 2. The van der Waals surface area contributed by atoms with Crippen LogP contribution in [0.4, 0.5) is 0 Å². The summed E-state index contributed by atoms with van der Waals surface area (Å²) < 4.78 is 0. The van der Waals surface area contributed by atoms with E-state index in [0.717, 1.165) is 13.1 Å². The van der Waals surface area contributed by atoms with Crippen LogP contribution in [0.1, 0.15) is 0 Å². The molecule has 17 heavy (non-hydrogen) atoms. The molecule has 0 amide bonds. The Bertz CT molecular complexity index is 305. The van der Waals surface area contributed by atoms with Crippen LogP contribution in [-0.4, -0.2) is 36.4 Å². The monoisotopic (exact) mass is 236 g/mol. The molecule has 0 aromatic carbocycles. The Morgan fingerprint density at radius 1 is 0.765 bits per heavy atom. The molecular formula is C12H16N2O3. The van der Waals surface area contributed by atoms with E-state index in [1.807, 2.05) is 58.7 Å². The fraction of sp³-hybridized carbons (Fsp3) is 0.333. The topological polar surface area (TPSA) is 34.2 Å². The Labute approximate surface area is 101 Å². The highest BCUT2D eigenvalue weighted by Gasteiger charge is 2.02. The van der Waals surface area contributed by atoms with Gasteiger partial charge in [-0.25, -0.2) is 0 Å². The molecule has 0 aromatic rings. The van der Waals surface area contributed by atoms with Gasteiger partial charge in [-0.2, -0.15) is 9.78 Å². The van der Waals surface area contributed by atoms with Crippen molar-refractivity contribution in [2.24, 2.45) is 0 Å². The van der Waals surface area contributed by atoms with Crippen LogP contribution in [-0.2, 0) is 14.8 Å². The molecule has 0 radical (unpaired) electrons. The molecule has 0 saturated heterocycles. The van der Waals surface area contributed by atoms with E-state index < -0.39 is 0 Å². The van der Waals surface area contributed by atoms with E-state index in [2.05, 4.69) is 5.04 Å². The molecule has 0 spiro atoms. The van der Waals surface area contributed by atoms with Crippen LogP contribution in [0.3, 0.4) is 0 Å². The third-order valence-electron chi connectivity index (χ3n) is 2.30. The van der Waals surface area contributed by atoms with Crippen molar-refractivity contribution in [3.05, 3.63) is 48.9 Å². The summed E-state index contributed by atoms with van der Waals surface area (Å²) >= 11 is 0. The van der Waals surface area contributed by atoms with Gasteiger partial charge in [0.2, 0.25) is 0 Å². The average molecular weight is 236 g/mol. The Kier molecular flexibility index (Phi) is 4.84. The number of rotatable bonds is 6. The maximum Gasteiger partial charge on any atom is 0.157 e. The van der Waals surface area contributed by atoms with Crippen LogP contribution >= 0.6 is 0 Å². The fourth-order valence-corrected chi connectivity index (χ4v) is 1.42. The highest BCUT2D eigenvalue weighted by Crippen LogP contribution is 2.00. The standard InChI is InChI=1S/C12H16N2O3/c1-3-7-13(8-4-1)11-15-17-16-12-14-9-5-2-6-10-14/h1-7,9H,8,10-12H2. The first kappa shape index (κ1) is 11.9. The highest BCUT2D eigenvalue weighted by molar-refractivity contribution is 5.08. The van der Waals surface area contributed by atoms with Gasteiger partial charge in [0.1, 0.15) is 0 Å². The van der Waals surface area contributed by atoms with Gasteiger partial charge in [-0.05, 0) is 12.2 Å². The first-order chi connectivity index (χ1) is 8.45. The molecule has 0 bridgehead atoms. The minimum Gasteiger partial charge on any atom is -0.349 e. The summed E-state index contributed by atoms with van der Waals surface area (Å²) in [7, 11) is 0. The quantitative estimate of drug-likeness (QED) is 0.397. The summed E-state index contributed by atoms with van der Waals surface area (Å²) in [6.07, 6.45) is 15.8. The lowest BCUT2D eigenvalue weighted by Gasteiger charge is -2.20. The van der Waals surface area contributed by atoms with Crippen molar-refractivity contribution in [2.45, 2.75) is 0 Å².